The van der Waals surface area contributed by atoms with Crippen LogP contribution in [-0.4, -0.2) is 15.4 Å². The average Bonchev–Trinajstić information content (AvgIpc) is 2.83. The summed E-state index contributed by atoms with van der Waals surface area (Å²) in [4.78, 5) is 16.0. The second-order valence-electron chi connectivity index (χ2n) is 6.13. The molecule has 0 saturated heterocycles. The van der Waals surface area contributed by atoms with Crippen LogP contribution in [0.5, 0.6) is 0 Å². The number of carbonyl (C=O) groups excluding carboxylic acids is 1. The fourth-order valence-electron chi connectivity index (χ4n) is 2.24. The molecule has 0 atom stereocenters. The Morgan fingerprint density at radius 3 is 2.46 bits per heavy atom. The van der Waals surface area contributed by atoms with Crippen LogP contribution in [0.15, 0.2) is 12.3 Å². The van der Waals surface area contributed by atoms with Gasteiger partial charge in [-0.05, 0) is 12.0 Å². The number of pyridine rings is 1. The van der Waals surface area contributed by atoms with Gasteiger partial charge in [0, 0.05) is 6.20 Å². The van der Waals surface area contributed by atoms with Crippen molar-refractivity contribution in [2.45, 2.75) is 46.4 Å². The molecule has 0 unspecified atom stereocenters. The van der Waals surface area contributed by atoms with E-state index in [0.29, 0.717) is 11.4 Å². The molecule has 2 aromatic heterocycles. The standard InChI is InChI=1S/C16H18ClF3N2O2/c1-8(2)13-12(7-24-15(23)9(3)4)22-6-10(16(18,19)20)5-11(17)14(22)21-13/h5-6,8-9H,7H2,1-4H3. The predicted molar refractivity (Wildman–Crippen MR) is 83.9 cm³/mol. The van der Waals surface area contributed by atoms with Gasteiger partial charge in [-0.15, -0.1) is 0 Å². The van der Waals surface area contributed by atoms with Gasteiger partial charge < -0.3 is 4.74 Å². The first-order valence-electron chi connectivity index (χ1n) is 7.46. The van der Waals surface area contributed by atoms with Crippen molar-refractivity contribution in [3.05, 3.63) is 34.2 Å². The van der Waals surface area contributed by atoms with E-state index in [1.807, 2.05) is 13.8 Å². The number of alkyl halides is 3. The number of nitrogens with zero attached hydrogens (tertiary/aromatic N) is 2. The van der Waals surface area contributed by atoms with E-state index in [2.05, 4.69) is 4.98 Å². The van der Waals surface area contributed by atoms with Crippen molar-refractivity contribution in [1.29, 1.82) is 0 Å². The zero-order chi connectivity index (χ0) is 18.2. The third-order valence-corrected chi connectivity index (χ3v) is 3.78. The molecule has 0 amide bonds. The Morgan fingerprint density at radius 2 is 1.96 bits per heavy atom. The largest absolute Gasteiger partial charge is 0.459 e. The van der Waals surface area contributed by atoms with Crippen molar-refractivity contribution in [3.63, 3.8) is 0 Å². The highest BCUT2D eigenvalue weighted by molar-refractivity contribution is 6.33. The molecule has 132 valence electrons. The summed E-state index contributed by atoms with van der Waals surface area (Å²) in [6.45, 7) is 6.91. The van der Waals surface area contributed by atoms with Gasteiger partial charge in [-0.25, -0.2) is 4.98 Å². The fourth-order valence-corrected chi connectivity index (χ4v) is 2.49. The minimum atomic E-state index is -4.54. The van der Waals surface area contributed by atoms with E-state index < -0.39 is 17.7 Å². The normalized spacial score (nSPS) is 12.4. The lowest BCUT2D eigenvalue weighted by Gasteiger charge is -2.12. The van der Waals surface area contributed by atoms with Crippen LogP contribution in [0.25, 0.3) is 5.65 Å². The second kappa shape index (κ2) is 6.63. The summed E-state index contributed by atoms with van der Waals surface area (Å²) < 4.78 is 45.6. The first-order valence-corrected chi connectivity index (χ1v) is 7.84. The van der Waals surface area contributed by atoms with Gasteiger partial charge in [-0.2, -0.15) is 13.2 Å². The summed E-state index contributed by atoms with van der Waals surface area (Å²) in [7, 11) is 0. The molecule has 0 spiro atoms. The minimum Gasteiger partial charge on any atom is -0.459 e. The Morgan fingerprint density at radius 1 is 1.33 bits per heavy atom. The van der Waals surface area contributed by atoms with Crippen molar-refractivity contribution in [1.82, 2.24) is 9.38 Å². The van der Waals surface area contributed by atoms with Crippen molar-refractivity contribution in [2.24, 2.45) is 5.92 Å². The van der Waals surface area contributed by atoms with Crippen LogP contribution in [0.2, 0.25) is 5.02 Å². The van der Waals surface area contributed by atoms with E-state index in [1.54, 1.807) is 13.8 Å². The maximum Gasteiger partial charge on any atom is 0.417 e. The lowest BCUT2D eigenvalue weighted by Crippen LogP contribution is -2.14. The maximum absolute atomic E-state index is 13.0. The summed E-state index contributed by atoms with van der Waals surface area (Å²) in [6, 6.07) is 0.845. The number of aromatic nitrogens is 2. The van der Waals surface area contributed by atoms with E-state index in [9.17, 15) is 18.0 Å². The van der Waals surface area contributed by atoms with Crippen molar-refractivity contribution in [3.8, 4) is 0 Å². The van der Waals surface area contributed by atoms with E-state index in [1.165, 1.54) is 4.40 Å². The lowest BCUT2D eigenvalue weighted by atomic mass is 10.1. The summed E-state index contributed by atoms with van der Waals surface area (Å²) in [5.41, 5.74) is 0.267. The Labute approximate surface area is 142 Å². The number of halogens is 4. The number of carbonyl (C=O) groups is 1. The smallest absolute Gasteiger partial charge is 0.417 e. The molecule has 2 rings (SSSR count). The van der Waals surface area contributed by atoms with Gasteiger partial charge in [0.05, 0.1) is 27.9 Å². The van der Waals surface area contributed by atoms with Crippen LogP contribution in [0.3, 0.4) is 0 Å². The molecule has 0 aliphatic carbocycles. The summed E-state index contributed by atoms with van der Waals surface area (Å²) in [6.07, 6.45) is -3.61. The van der Waals surface area contributed by atoms with E-state index >= 15 is 0 Å². The number of imidazole rings is 1. The maximum atomic E-state index is 13.0. The summed E-state index contributed by atoms with van der Waals surface area (Å²) in [5.74, 6) is -0.832. The third kappa shape index (κ3) is 3.66. The zero-order valence-electron chi connectivity index (χ0n) is 13.7. The average molecular weight is 363 g/mol. The van der Waals surface area contributed by atoms with Crippen LogP contribution < -0.4 is 0 Å². The van der Waals surface area contributed by atoms with Crippen LogP contribution in [0, 0.1) is 5.92 Å². The van der Waals surface area contributed by atoms with Gasteiger partial charge in [0.2, 0.25) is 0 Å². The molecular weight excluding hydrogens is 345 g/mol. The molecule has 2 aromatic rings. The van der Waals surface area contributed by atoms with E-state index in [0.717, 1.165) is 12.3 Å². The summed E-state index contributed by atoms with van der Waals surface area (Å²) in [5, 5.41) is -0.104. The van der Waals surface area contributed by atoms with Crippen molar-refractivity contribution in [2.75, 3.05) is 0 Å². The number of ether oxygens (including phenoxy) is 1. The Kier molecular flexibility index (Phi) is 5.13. The van der Waals surface area contributed by atoms with Gasteiger partial charge in [0.15, 0.2) is 5.65 Å². The van der Waals surface area contributed by atoms with Gasteiger partial charge in [-0.1, -0.05) is 39.3 Å². The monoisotopic (exact) mass is 362 g/mol. The molecule has 0 saturated carbocycles. The molecule has 8 heteroatoms. The molecule has 2 heterocycles. The Hall–Kier alpha value is -1.76. The number of hydrogen-bond acceptors (Lipinski definition) is 3. The molecule has 0 N–H and O–H groups in total. The molecule has 0 radical (unpaired) electrons. The molecule has 0 aliphatic rings. The predicted octanol–water partition coefficient (Wildman–Crippen LogP) is 4.83. The van der Waals surface area contributed by atoms with Gasteiger partial charge in [-0.3, -0.25) is 9.20 Å². The first-order chi connectivity index (χ1) is 11.0. The summed E-state index contributed by atoms with van der Waals surface area (Å²) >= 11 is 5.98. The number of hydrogen-bond donors (Lipinski definition) is 0. The van der Waals surface area contributed by atoms with Crippen LogP contribution in [0.1, 0.15) is 50.6 Å². The second-order valence-corrected chi connectivity index (χ2v) is 6.54. The molecule has 0 aliphatic heterocycles. The highest BCUT2D eigenvalue weighted by Gasteiger charge is 2.32. The topological polar surface area (TPSA) is 43.6 Å². The van der Waals surface area contributed by atoms with E-state index in [4.69, 9.17) is 16.3 Å². The lowest BCUT2D eigenvalue weighted by molar-refractivity contribution is -0.148. The molecule has 0 fully saturated rings. The van der Waals surface area contributed by atoms with Gasteiger partial charge >= 0.3 is 12.1 Å². The highest BCUT2D eigenvalue weighted by atomic mass is 35.5. The number of rotatable bonds is 4. The van der Waals surface area contributed by atoms with Crippen LogP contribution in [0.4, 0.5) is 13.2 Å². The molecular formula is C16H18ClF3N2O2. The molecule has 0 aromatic carbocycles. The van der Waals surface area contributed by atoms with Crippen molar-refractivity contribution >= 4 is 23.2 Å². The minimum absolute atomic E-state index is 0.0666. The molecule has 0 bridgehead atoms. The SMILES string of the molecule is CC(C)C(=O)OCc1c(C(C)C)nc2c(Cl)cc(C(F)(F)F)cn12. The Balaban J connectivity index is 2.58. The number of fused-ring (bicyclic) bond motifs is 1. The van der Waals surface area contributed by atoms with Crippen LogP contribution >= 0.6 is 11.6 Å². The zero-order valence-corrected chi connectivity index (χ0v) is 14.5. The number of esters is 1. The Bertz CT molecular complexity index is 767. The van der Waals surface area contributed by atoms with E-state index in [-0.39, 0.29) is 29.1 Å². The first kappa shape index (κ1) is 18.6. The highest BCUT2D eigenvalue weighted by Crippen LogP contribution is 2.34. The van der Waals surface area contributed by atoms with Crippen LogP contribution in [-0.2, 0) is 22.3 Å². The van der Waals surface area contributed by atoms with Gasteiger partial charge in [0.25, 0.3) is 0 Å². The molecule has 4 nitrogen and oxygen atoms in total. The fraction of sp³-hybridized carbons (Fsp3) is 0.500. The third-order valence-electron chi connectivity index (χ3n) is 3.50. The van der Waals surface area contributed by atoms with Crippen molar-refractivity contribution < 1.29 is 22.7 Å². The van der Waals surface area contributed by atoms with Gasteiger partial charge in [0.1, 0.15) is 6.61 Å². The molecule has 24 heavy (non-hydrogen) atoms. The quantitative estimate of drug-likeness (QED) is 0.732.